The van der Waals surface area contributed by atoms with Gasteiger partial charge in [-0.05, 0) is 42.5 Å². The van der Waals surface area contributed by atoms with Gasteiger partial charge in [-0.15, -0.1) is 0 Å². The Kier molecular flexibility index (Phi) is 6.83. The minimum Gasteiger partial charge on any atom is -0.493 e. The molecule has 1 aliphatic heterocycles. The number of nitrogens with zero attached hydrogens (tertiary/aromatic N) is 1. The number of hydrogen-bond donors (Lipinski definition) is 1. The SMILES string of the molecule is CCOC(=O)CN1C(=O)S/C(=C\c2ccc(OCC(N)=O)c(OC)c2)C1=O. The average molecular weight is 394 g/mol. The number of hydrogen-bond acceptors (Lipinski definition) is 8. The lowest BCUT2D eigenvalue weighted by Gasteiger charge is -2.11. The number of esters is 1. The number of benzene rings is 1. The van der Waals surface area contributed by atoms with Crippen molar-refractivity contribution in [1.82, 2.24) is 4.90 Å². The predicted molar refractivity (Wildman–Crippen MR) is 97.0 cm³/mol. The molecule has 2 N–H and O–H groups in total. The number of carbonyl (C=O) groups is 4. The van der Waals surface area contributed by atoms with Gasteiger partial charge in [0.15, 0.2) is 18.1 Å². The molecule has 0 aliphatic carbocycles. The van der Waals surface area contributed by atoms with E-state index in [1.807, 2.05) is 0 Å². The molecule has 0 spiro atoms. The number of rotatable bonds is 8. The number of nitrogens with two attached hydrogens (primary N) is 1. The van der Waals surface area contributed by atoms with Crippen molar-refractivity contribution in [3.05, 3.63) is 28.7 Å². The van der Waals surface area contributed by atoms with Crippen LogP contribution in [0, 0.1) is 0 Å². The molecule has 0 aromatic heterocycles. The van der Waals surface area contributed by atoms with Crippen molar-refractivity contribution in [3.63, 3.8) is 0 Å². The first-order chi connectivity index (χ1) is 12.8. The first-order valence-corrected chi connectivity index (χ1v) is 8.67. The van der Waals surface area contributed by atoms with E-state index in [2.05, 4.69) is 0 Å². The molecule has 27 heavy (non-hydrogen) atoms. The summed E-state index contributed by atoms with van der Waals surface area (Å²) in [5.74, 6) is -1.22. The van der Waals surface area contributed by atoms with Gasteiger partial charge in [-0.1, -0.05) is 6.07 Å². The van der Waals surface area contributed by atoms with Crippen LogP contribution in [-0.2, 0) is 19.1 Å². The Morgan fingerprint density at radius 3 is 2.63 bits per heavy atom. The molecule has 0 unspecified atom stereocenters. The second kappa shape index (κ2) is 9.08. The Bertz CT molecular complexity index is 806. The highest BCUT2D eigenvalue weighted by Gasteiger charge is 2.36. The van der Waals surface area contributed by atoms with E-state index in [-0.39, 0.29) is 18.1 Å². The lowest BCUT2D eigenvalue weighted by molar-refractivity contribution is -0.146. The molecular formula is C17H18N2O7S. The van der Waals surface area contributed by atoms with Crippen LogP contribution in [0.1, 0.15) is 12.5 Å². The third-order valence-corrected chi connectivity index (χ3v) is 4.23. The highest BCUT2D eigenvalue weighted by Crippen LogP contribution is 2.34. The zero-order chi connectivity index (χ0) is 20.0. The second-order valence-corrected chi connectivity index (χ2v) is 6.23. The first-order valence-electron chi connectivity index (χ1n) is 7.85. The molecule has 0 radical (unpaired) electrons. The summed E-state index contributed by atoms with van der Waals surface area (Å²) in [6.07, 6.45) is 1.50. The number of methoxy groups -OCH3 is 1. The van der Waals surface area contributed by atoms with Crippen LogP contribution in [0.3, 0.4) is 0 Å². The summed E-state index contributed by atoms with van der Waals surface area (Å²) in [5.41, 5.74) is 5.61. The Labute approximate surface area is 159 Å². The molecule has 0 atom stereocenters. The van der Waals surface area contributed by atoms with Crippen LogP contribution in [0.25, 0.3) is 6.08 Å². The van der Waals surface area contributed by atoms with Crippen LogP contribution < -0.4 is 15.2 Å². The van der Waals surface area contributed by atoms with Gasteiger partial charge < -0.3 is 19.9 Å². The Balaban J connectivity index is 2.18. The molecule has 2 rings (SSSR count). The van der Waals surface area contributed by atoms with E-state index in [1.54, 1.807) is 25.1 Å². The zero-order valence-corrected chi connectivity index (χ0v) is 15.5. The lowest BCUT2D eigenvalue weighted by atomic mass is 10.2. The maximum Gasteiger partial charge on any atom is 0.326 e. The van der Waals surface area contributed by atoms with Crippen molar-refractivity contribution in [1.29, 1.82) is 0 Å². The summed E-state index contributed by atoms with van der Waals surface area (Å²) in [7, 11) is 1.42. The number of thioether (sulfide) groups is 1. The fraction of sp³-hybridized carbons (Fsp3) is 0.294. The summed E-state index contributed by atoms with van der Waals surface area (Å²) in [6, 6.07) is 4.75. The van der Waals surface area contributed by atoms with Gasteiger partial charge in [0.2, 0.25) is 0 Å². The smallest absolute Gasteiger partial charge is 0.326 e. The molecule has 144 valence electrons. The predicted octanol–water partition coefficient (Wildman–Crippen LogP) is 1.16. The van der Waals surface area contributed by atoms with E-state index >= 15 is 0 Å². The van der Waals surface area contributed by atoms with E-state index in [0.717, 1.165) is 16.7 Å². The summed E-state index contributed by atoms with van der Waals surface area (Å²) in [6.45, 7) is 1.06. The summed E-state index contributed by atoms with van der Waals surface area (Å²) < 4.78 is 15.2. The number of primary amides is 1. The van der Waals surface area contributed by atoms with E-state index in [9.17, 15) is 19.2 Å². The summed E-state index contributed by atoms with van der Waals surface area (Å²) in [4.78, 5) is 47.7. The third-order valence-electron chi connectivity index (χ3n) is 3.32. The Morgan fingerprint density at radius 1 is 1.26 bits per heavy atom. The molecular weight excluding hydrogens is 376 g/mol. The van der Waals surface area contributed by atoms with Crippen molar-refractivity contribution in [3.8, 4) is 11.5 Å². The maximum absolute atomic E-state index is 12.4. The highest BCUT2D eigenvalue weighted by molar-refractivity contribution is 8.18. The summed E-state index contributed by atoms with van der Waals surface area (Å²) >= 11 is 0.726. The van der Waals surface area contributed by atoms with E-state index in [4.69, 9.17) is 19.9 Å². The van der Waals surface area contributed by atoms with Gasteiger partial charge in [0.05, 0.1) is 18.6 Å². The molecule has 9 nitrogen and oxygen atoms in total. The number of carbonyl (C=O) groups excluding carboxylic acids is 4. The van der Waals surface area contributed by atoms with Gasteiger partial charge in [-0.2, -0.15) is 0 Å². The van der Waals surface area contributed by atoms with Crippen molar-refractivity contribution < 1.29 is 33.4 Å². The standard InChI is InChI=1S/C17H18N2O7S/c1-3-25-15(21)8-19-16(22)13(27-17(19)23)7-10-4-5-11(12(6-10)24-2)26-9-14(18)20/h4-7H,3,8-9H2,1-2H3,(H2,18,20)/b13-7-. The van der Waals surface area contributed by atoms with Gasteiger partial charge in [-0.25, -0.2) is 0 Å². The molecule has 3 amide bonds. The summed E-state index contributed by atoms with van der Waals surface area (Å²) in [5, 5.41) is -0.548. The van der Waals surface area contributed by atoms with E-state index in [1.165, 1.54) is 13.2 Å². The van der Waals surface area contributed by atoms with E-state index in [0.29, 0.717) is 17.1 Å². The largest absolute Gasteiger partial charge is 0.493 e. The quantitative estimate of drug-likeness (QED) is 0.514. The fourth-order valence-electron chi connectivity index (χ4n) is 2.17. The Hall–Kier alpha value is -3.01. The molecule has 0 bridgehead atoms. The second-order valence-electron chi connectivity index (χ2n) is 5.24. The monoisotopic (exact) mass is 394 g/mol. The lowest BCUT2D eigenvalue weighted by Crippen LogP contribution is -2.34. The van der Waals surface area contributed by atoms with Crippen LogP contribution in [0.2, 0.25) is 0 Å². The van der Waals surface area contributed by atoms with Crippen LogP contribution >= 0.6 is 11.8 Å². The number of amides is 3. The van der Waals surface area contributed by atoms with Crippen LogP contribution in [0.4, 0.5) is 4.79 Å². The van der Waals surface area contributed by atoms with Gasteiger partial charge in [-0.3, -0.25) is 24.1 Å². The average Bonchev–Trinajstić information content (AvgIpc) is 2.88. The normalized spacial score (nSPS) is 15.2. The maximum atomic E-state index is 12.4. The van der Waals surface area contributed by atoms with Gasteiger partial charge >= 0.3 is 5.97 Å². The van der Waals surface area contributed by atoms with Gasteiger partial charge in [0.25, 0.3) is 17.1 Å². The molecule has 10 heteroatoms. The highest BCUT2D eigenvalue weighted by atomic mass is 32.2. The third kappa shape index (κ3) is 5.23. The van der Waals surface area contributed by atoms with E-state index < -0.39 is 29.6 Å². The Morgan fingerprint density at radius 2 is 2.00 bits per heavy atom. The molecule has 1 fully saturated rings. The number of ether oxygens (including phenoxy) is 3. The van der Waals surface area contributed by atoms with Crippen molar-refractivity contribution in [2.45, 2.75) is 6.92 Å². The topological polar surface area (TPSA) is 125 Å². The van der Waals surface area contributed by atoms with Crippen LogP contribution in [0.5, 0.6) is 11.5 Å². The van der Waals surface area contributed by atoms with Crippen LogP contribution in [0.15, 0.2) is 23.1 Å². The molecule has 1 heterocycles. The fourth-order valence-corrected chi connectivity index (χ4v) is 3.00. The molecule has 0 saturated carbocycles. The van der Waals surface area contributed by atoms with Crippen molar-refractivity contribution in [2.75, 3.05) is 26.9 Å². The van der Waals surface area contributed by atoms with Gasteiger partial charge in [0.1, 0.15) is 6.54 Å². The molecule has 1 aliphatic rings. The first kappa shape index (κ1) is 20.3. The van der Waals surface area contributed by atoms with Crippen molar-refractivity contribution in [2.24, 2.45) is 5.73 Å². The van der Waals surface area contributed by atoms with Crippen LogP contribution in [-0.4, -0.2) is 54.8 Å². The van der Waals surface area contributed by atoms with Gasteiger partial charge in [0, 0.05) is 0 Å². The zero-order valence-electron chi connectivity index (χ0n) is 14.7. The minimum atomic E-state index is -0.654. The number of imide groups is 1. The van der Waals surface area contributed by atoms with Crippen molar-refractivity contribution >= 4 is 40.9 Å². The molecule has 1 saturated heterocycles. The molecule has 1 aromatic rings. The minimum absolute atomic E-state index is 0.162. The molecule has 1 aromatic carbocycles.